The highest BCUT2D eigenvalue weighted by atomic mass is 19.4. The van der Waals surface area contributed by atoms with Gasteiger partial charge >= 0.3 is 12.4 Å². The van der Waals surface area contributed by atoms with Crippen LogP contribution < -0.4 is 0 Å². The van der Waals surface area contributed by atoms with Crippen molar-refractivity contribution in [2.24, 2.45) is 11.8 Å². The van der Waals surface area contributed by atoms with Crippen LogP contribution in [0.15, 0.2) is 30.5 Å². The van der Waals surface area contributed by atoms with Gasteiger partial charge in [-0.05, 0) is 68.7 Å². The monoisotopic (exact) mass is 508 g/mol. The number of pyridine rings is 1. The number of fused-ring (bicyclic) bond motifs is 3. The van der Waals surface area contributed by atoms with E-state index in [0.29, 0.717) is 16.9 Å². The van der Waals surface area contributed by atoms with Gasteiger partial charge in [-0.2, -0.15) is 26.3 Å². The molecule has 1 aliphatic carbocycles. The second kappa shape index (κ2) is 8.52. The molecule has 10 heteroatoms. The van der Waals surface area contributed by atoms with E-state index in [1.807, 2.05) is 32.9 Å². The van der Waals surface area contributed by atoms with Gasteiger partial charge in [0.25, 0.3) is 0 Å². The maximum Gasteiger partial charge on any atom is 0.435 e. The fraction of sp³-hybridized carbons (Fsp3) is 0.462. The maximum atomic E-state index is 14.3. The molecular weight excluding hydrogens is 482 g/mol. The summed E-state index contributed by atoms with van der Waals surface area (Å²) in [6.07, 6.45) is -7.35. The summed E-state index contributed by atoms with van der Waals surface area (Å²) in [5.74, 6) is -0.828. The third-order valence-corrected chi connectivity index (χ3v) is 6.87. The van der Waals surface area contributed by atoms with Gasteiger partial charge < -0.3 is 0 Å². The molecule has 4 nitrogen and oxygen atoms in total. The van der Waals surface area contributed by atoms with Crippen molar-refractivity contribution in [3.63, 3.8) is 0 Å². The molecule has 0 spiro atoms. The molecule has 3 heterocycles. The van der Waals surface area contributed by atoms with Gasteiger partial charge in [-0.25, -0.2) is 9.97 Å². The molecule has 36 heavy (non-hydrogen) atoms. The molecule has 1 aromatic carbocycles. The summed E-state index contributed by atoms with van der Waals surface area (Å²) >= 11 is 0. The number of alkyl halides is 6. The van der Waals surface area contributed by atoms with Crippen LogP contribution in [0.2, 0.25) is 0 Å². The molecule has 0 aliphatic heterocycles. The zero-order valence-corrected chi connectivity index (χ0v) is 20.1. The van der Waals surface area contributed by atoms with Crippen molar-refractivity contribution >= 4 is 16.9 Å². The molecule has 0 bridgehead atoms. The number of aromatic nitrogens is 4. The van der Waals surface area contributed by atoms with Crippen molar-refractivity contribution in [3.8, 4) is 5.69 Å². The lowest BCUT2D eigenvalue weighted by molar-refractivity contribution is -0.146. The summed E-state index contributed by atoms with van der Waals surface area (Å²) in [5.41, 5.74) is 2.73. The Morgan fingerprint density at radius 2 is 1.69 bits per heavy atom. The number of benzene rings is 1. The first-order chi connectivity index (χ1) is 16.8. The zero-order valence-electron chi connectivity index (χ0n) is 20.1. The molecular formula is C26H26F6N4. The van der Waals surface area contributed by atoms with Crippen molar-refractivity contribution in [2.75, 3.05) is 0 Å². The van der Waals surface area contributed by atoms with Crippen molar-refractivity contribution in [2.45, 2.75) is 65.2 Å². The number of hydrogen-bond acceptors (Lipinski definition) is 2. The molecule has 0 saturated heterocycles. The van der Waals surface area contributed by atoms with Gasteiger partial charge in [0.2, 0.25) is 5.78 Å². The minimum atomic E-state index is -4.82. The second-order valence-electron chi connectivity index (χ2n) is 10.0. The highest BCUT2D eigenvalue weighted by molar-refractivity contribution is 5.81. The van der Waals surface area contributed by atoms with E-state index in [4.69, 9.17) is 0 Å². The summed E-state index contributed by atoms with van der Waals surface area (Å²) in [6.45, 7) is 5.66. The topological polar surface area (TPSA) is 35.1 Å². The summed E-state index contributed by atoms with van der Waals surface area (Å²) < 4.78 is 85.9. The lowest BCUT2D eigenvalue weighted by Crippen LogP contribution is -2.20. The molecule has 4 aromatic rings. The van der Waals surface area contributed by atoms with Gasteiger partial charge in [-0.15, -0.1) is 0 Å². The SMILES string of the molecule is Cc1cc(C)c(-n2c3ncccc3n3c(CC(CC4CC4)CC(F)(F)F)c(C(F)(F)F)nc23)c(C)c1. The van der Waals surface area contributed by atoms with Crippen LogP contribution in [-0.4, -0.2) is 25.1 Å². The lowest BCUT2D eigenvalue weighted by Gasteiger charge is -2.19. The van der Waals surface area contributed by atoms with Gasteiger partial charge in [0.05, 0.1) is 16.9 Å². The number of halogens is 6. The highest BCUT2D eigenvalue weighted by Gasteiger charge is 2.42. The first kappa shape index (κ1) is 24.6. The zero-order chi connectivity index (χ0) is 26.0. The molecule has 1 atom stereocenters. The van der Waals surface area contributed by atoms with E-state index in [0.717, 1.165) is 29.5 Å². The largest absolute Gasteiger partial charge is 0.435 e. The Bertz CT molecular complexity index is 1420. The van der Waals surface area contributed by atoms with E-state index in [2.05, 4.69) is 9.97 Å². The summed E-state index contributed by atoms with van der Waals surface area (Å²) in [5, 5.41) is 0. The van der Waals surface area contributed by atoms with Crippen LogP contribution in [0.4, 0.5) is 26.3 Å². The molecule has 0 radical (unpaired) electrons. The van der Waals surface area contributed by atoms with Crippen LogP contribution in [0.5, 0.6) is 0 Å². The molecule has 5 rings (SSSR count). The Kier molecular flexibility index (Phi) is 5.83. The van der Waals surface area contributed by atoms with Crippen LogP contribution in [0.25, 0.3) is 22.6 Å². The first-order valence-electron chi connectivity index (χ1n) is 11.9. The quantitative estimate of drug-likeness (QED) is 0.252. The Morgan fingerprint density at radius 3 is 2.28 bits per heavy atom. The molecule has 1 saturated carbocycles. The first-order valence-corrected chi connectivity index (χ1v) is 11.9. The average Bonchev–Trinajstić information content (AvgIpc) is 3.38. The van der Waals surface area contributed by atoms with Crippen LogP contribution >= 0.6 is 0 Å². The van der Waals surface area contributed by atoms with Gasteiger partial charge in [-0.1, -0.05) is 30.5 Å². The van der Waals surface area contributed by atoms with Crippen molar-refractivity contribution in [3.05, 3.63) is 58.5 Å². The Hall–Kier alpha value is -3.04. The third kappa shape index (κ3) is 4.57. The Morgan fingerprint density at radius 1 is 1.03 bits per heavy atom. The average molecular weight is 509 g/mol. The number of aryl methyl sites for hydroxylation is 3. The molecule has 1 unspecified atom stereocenters. The highest BCUT2D eigenvalue weighted by Crippen LogP contribution is 2.42. The summed E-state index contributed by atoms with van der Waals surface area (Å²) in [4.78, 5) is 8.47. The predicted molar refractivity (Wildman–Crippen MR) is 124 cm³/mol. The summed E-state index contributed by atoms with van der Waals surface area (Å²) in [7, 11) is 0. The van der Waals surface area contributed by atoms with E-state index < -0.39 is 30.4 Å². The van der Waals surface area contributed by atoms with Crippen LogP contribution in [0, 0.1) is 32.6 Å². The molecule has 192 valence electrons. The van der Waals surface area contributed by atoms with E-state index in [9.17, 15) is 26.3 Å². The maximum absolute atomic E-state index is 14.3. The summed E-state index contributed by atoms with van der Waals surface area (Å²) in [6, 6.07) is 7.10. The molecule has 3 aromatic heterocycles. The standard InChI is InChI=1S/C26H26F6N4/c1-14-9-15(2)21(16(3)10-14)36-23-19(5-4-8-33-23)35-20(22(26(30,31)32)34-24(35)36)12-18(11-17-6-7-17)13-25(27,28)29/h4-5,8-10,17-18H,6-7,11-13H2,1-3H3. The Balaban J connectivity index is 1.78. The number of imidazole rings is 2. The minimum absolute atomic E-state index is 0.00161. The third-order valence-electron chi connectivity index (χ3n) is 6.87. The molecule has 1 aliphatic rings. The van der Waals surface area contributed by atoms with E-state index in [1.54, 1.807) is 22.9 Å². The van der Waals surface area contributed by atoms with Gasteiger partial charge in [0.15, 0.2) is 11.3 Å². The van der Waals surface area contributed by atoms with E-state index in [1.165, 1.54) is 4.40 Å². The number of nitrogens with zero attached hydrogens (tertiary/aromatic N) is 4. The van der Waals surface area contributed by atoms with Gasteiger partial charge in [0, 0.05) is 12.6 Å². The van der Waals surface area contributed by atoms with Crippen LogP contribution in [-0.2, 0) is 12.6 Å². The van der Waals surface area contributed by atoms with Crippen molar-refractivity contribution in [1.82, 2.24) is 18.9 Å². The minimum Gasteiger partial charge on any atom is -0.278 e. The molecule has 0 N–H and O–H groups in total. The Labute approximate surface area is 204 Å². The van der Waals surface area contributed by atoms with Crippen molar-refractivity contribution in [1.29, 1.82) is 0 Å². The van der Waals surface area contributed by atoms with E-state index >= 15 is 0 Å². The fourth-order valence-electron chi connectivity index (χ4n) is 5.48. The lowest BCUT2D eigenvalue weighted by atomic mass is 9.92. The van der Waals surface area contributed by atoms with Gasteiger partial charge in [0.1, 0.15) is 0 Å². The number of hydrogen-bond donors (Lipinski definition) is 0. The van der Waals surface area contributed by atoms with Crippen LogP contribution in [0.1, 0.15) is 53.8 Å². The van der Waals surface area contributed by atoms with Crippen LogP contribution in [0.3, 0.4) is 0 Å². The second-order valence-corrected chi connectivity index (χ2v) is 10.0. The molecule has 1 fully saturated rings. The fourth-order valence-corrected chi connectivity index (χ4v) is 5.48. The van der Waals surface area contributed by atoms with Crippen molar-refractivity contribution < 1.29 is 26.3 Å². The smallest absolute Gasteiger partial charge is 0.278 e. The number of rotatable bonds is 6. The van der Waals surface area contributed by atoms with E-state index in [-0.39, 0.29) is 30.2 Å². The van der Waals surface area contributed by atoms with Gasteiger partial charge in [-0.3, -0.25) is 8.97 Å². The molecule has 0 amide bonds. The normalized spacial score (nSPS) is 15.8. The predicted octanol–water partition coefficient (Wildman–Crippen LogP) is 7.53.